The van der Waals surface area contributed by atoms with E-state index in [9.17, 15) is 8.78 Å². The van der Waals surface area contributed by atoms with Crippen molar-refractivity contribution < 1.29 is 13.5 Å². The Morgan fingerprint density at radius 3 is 3.00 bits per heavy atom. The van der Waals surface area contributed by atoms with Crippen molar-refractivity contribution in [1.29, 1.82) is 0 Å². The Labute approximate surface area is 178 Å². The molecule has 2 atom stereocenters. The summed E-state index contributed by atoms with van der Waals surface area (Å²) in [6.07, 6.45) is 0.872. The summed E-state index contributed by atoms with van der Waals surface area (Å²) in [6, 6.07) is 5.11. The van der Waals surface area contributed by atoms with Gasteiger partial charge in [-0.25, -0.2) is 4.98 Å². The molecule has 0 spiro atoms. The van der Waals surface area contributed by atoms with E-state index in [1.54, 1.807) is 17.4 Å². The number of nitrogens with one attached hydrogen (secondary N) is 1. The average molecular weight is 492 g/mol. The smallest absolute Gasteiger partial charge is 0.319 e. The molecule has 5 nitrogen and oxygen atoms in total. The molecule has 0 saturated carbocycles. The van der Waals surface area contributed by atoms with Crippen LogP contribution in [0.15, 0.2) is 28.1 Å². The molecule has 28 heavy (non-hydrogen) atoms. The van der Waals surface area contributed by atoms with E-state index in [1.807, 2.05) is 17.5 Å². The minimum Gasteiger partial charge on any atom is -0.378 e. The molecule has 3 aromatic heterocycles. The highest BCUT2D eigenvalue weighted by molar-refractivity contribution is 9.10. The third-order valence-electron chi connectivity index (χ3n) is 4.76. The first kappa shape index (κ1) is 20.0. The first-order valence-corrected chi connectivity index (χ1v) is 10.8. The molecular formula is C18H18BrClF2N4OS. The molecule has 0 aliphatic carbocycles. The molecule has 4 heterocycles. The summed E-state index contributed by atoms with van der Waals surface area (Å²) in [5, 5.41) is 5.40. The van der Waals surface area contributed by atoms with Gasteiger partial charge in [0.25, 0.3) is 0 Å². The SMILES string of the molecule is N[C@H]1CCCO[C@@H]1c1c(Br)c2nc(Cl)cc(NCc3cccs3)c2n1C(F)F. The van der Waals surface area contributed by atoms with Crippen LogP contribution < -0.4 is 11.1 Å². The lowest BCUT2D eigenvalue weighted by Gasteiger charge is -2.30. The van der Waals surface area contributed by atoms with Gasteiger partial charge in [-0.2, -0.15) is 8.78 Å². The van der Waals surface area contributed by atoms with Crippen LogP contribution in [0.5, 0.6) is 0 Å². The number of ether oxygens (including phenoxy) is 1. The fourth-order valence-electron chi connectivity index (χ4n) is 3.53. The number of aromatic nitrogens is 2. The lowest BCUT2D eigenvalue weighted by atomic mass is 10.0. The van der Waals surface area contributed by atoms with Crippen molar-refractivity contribution >= 4 is 55.6 Å². The molecule has 0 radical (unpaired) electrons. The largest absolute Gasteiger partial charge is 0.378 e. The number of fused-ring (bicyclic) bond motifs is 1. The van der Waals surface area contributed by atoms with E-state index >= 15 is 0 Å². The van der Waals surface area contributed by atoms with Gasteiger partial charge in [-0.3, -0.25) is 4.57 Å². The number of nitrogens with two attached hydrogens (primary N) is 1. The van der Waals surface area contributed by atoms with Crippen LogP contribution in [-0.4, -0.2) is 22.2 Å². The van der Waals surface area contributed by atoms with Crippen molar-refractivity contribution in [2.45, 2.75) is 38.1 Å². The molecule has 10 heteroatoms. The van der Waals surface area contributed by atoms with Crippen LogP contribution in [-0.2, 0) is 11.3 Å². The molecule has 0 aromatic carbocycles. The molecule has 150 valence electrons. The molecule has 3 aromatic rings. The topological polar surface area (TPSA) is 65.1 Å². The molecule has 1 aliphatic heterocycles. The van der Waals surface area contributed by atoms with Gasteiger partial charge in [0.05, 0.1) is 21.4 Å². The summed E-state index contributed by atoms with van der Waals surface area (Å²) >= 11 is 11.2. The van der Waals surface area contributed by atoms with Gasteiger partial charge in [0.2, 0.25) is 0 Å². The maximum Gasteiger partial charge on any atom is 0.319 e. The number of thiophene rings is 1. The summed E-state index contributed by atoms with van der Waals surface area (Å²) in [7, 11) is 0. The normalized spacial score (nSPS) is 20.2. The van der Waals surface area contributed by atoms with E-state index in [0.29, 0.717) is 40.9 Å². The van der Waals surface area contributed by atoms with E-state index in [4.69, 9.17) is 22.1 Å². The zero-order valence-electron chi connectivity index (χ0n) is 14.7. The van der Waals surface area contributed by atoms with Crippen LogP contribution in [0.4, 0.5) is 14.5 Å². The second-order valence-corrected chi connectivity index (χ2v) is 8.78. The summed E-state index contributed by atoms with van der Waals surface area (Å²) < 4.78 is 35.6. The van der Waals surface area contributed by atoms with Gasteiger partial charge in [-0.1, -0.05) is 17.7 Å². The number of halogens is 4. The van der Waals surface area contributed by atoms with Crippen molar-refractivity contribution in [3.05, 3.63) is 43.8 Å². The highest BCUT2D eigenvalue weighted by atomic mass is 79.9. The highest BCUT2D eigenvalue weighted by Gasteiger charge is 2.34. The van der Waals surface area contributed by atoms with Gasteiger partial charge in [0, 0.05) is 30.1 Å². The Morgan fingerprint density at radius 2 is 2.32 bits per heavy atom. The highest BCUT2D eigenvalue weighted by Crippen LogP contribution is 2.43. The molecule has 0 amide bonds. The van der Waals surface area contributed by atoms with Crippen LogP contribution >= 0.6 is 38.9 Å². The Morgan fingerprint density at radius 1 is 1.50 bits per heavy atom. The zero-order chi connectivity index (χ0) is 19.8. The first-order chi connectivity index (χ1) is 13.5. The van der Waals surface area contributed by atoms with E-state index in [2.05, 4.69) is 26.2 Å². The van der Waals surface area contributed by atoms with Crippen molar-refractivity contribution in [3.8, 4) is 0 Å². The summed E-state index contributed by atoms with van der Waals surface area (Å²) in [5.74, 6) is 0. The third kappa shape index (κ3) is 3.66. The van der Waals surface area contributed by atoms with Gasteiger partial charge in [0.15, 0.2) is 0 Å². The minimum atomic E-state index is -2.79. The van der Waals surface area contributed by atoms with Crippen molar-refractivity contribution in [2.75, 3.05) is 11.9 Å². The summed E-state index contributed by atoms with van der Waals surface area (Å²) in [6.45, 7) is -1.81. The van der Waals surface area contributed by atoms with Crippen LogP contribution in [0.25, 0.3) is 11.0 Å². The maximum atomic E-state index is 14.2. The third-order valence-corrected chi connectivity index (χ3v) is 6.61. The molecule has 1 fully saturated rings. The molecule has 3 N–H and O–H groups in total. The Balaban J connectivity index is 1.87. The lowest BCUT2D eigenvalue weighted by molar-refractivity contribution is -0.0146. The van der Waals surface area contributed by atoms with Gasteiger partial charge in [0.1, 0.15) is 16.8 Å². The van der Waals surface area contributed by atoms with Crippen LogP contribution in [0.3, 0.4) is 0 Å². The maximum absolute atomic E-state index is 14.2. The first-order valence-electron chi connectivity index (χ1n) is 8.78. The summed E-state index contributed by atoms with van der Waals surface area (Å²) in [4.78, 5) is 5.37. The second-order valence-electron chi connectivity index (χ2n) is 6.57. The van der Waals surface area contributed by atoms with Gasteiger partial charge in [-0.15, -0.1) is 11.3 Å². The Hall–Kier alpha value is -1.26. The van der Waals surface area contributed by atoms with E-state index in [0.717, 1.165) is 15.9 Å². The molecule has 1 saturated heterocycles. The number of nitrogens with zero attached hydrogens (tertiary/aromatic N) is 2. The molecule has 1 aliphatic rings. The monoisotopic (exact) mass is 490 g/mol. The number of anilines is 1. The van der Waals surface area contributed by atoms with E-state index in [1.165, 1.54) is 0 Å². The lowest BCUT2D eigenvalue weighted by Crippen LogP contribution is -2.36. The quantitative estimate of drug-likeness (QED) is 0.449. The van der Waals surface area contributed by atoms with Gasteiger partial charge in [-0.05, 0) is 40.2 Å². The number of rotatable bonds is 5. The zero-order valence-corrected chi connectivity index (χ0v) is 17.8. The summed E-state index contributed by atoms with van der Waals surface area (Å²) in [5.41, 5.74) is 7.62. The molecule has 4 rings (SSSR count). The van der Waals surface area contributed by atoms with E-state index < -0.39 is 12.7 Å². The predicted octanol–water partition coefficient (Wildman–Crippen LogP) is 5.70. The number of pyridine rings is 1. The van der Waals surface area contributed by atoms with Crippen LogP contribution in [0.1, 0.15) is 36.1 Å². The molecule has 0 unspecified atom stereocenters. The van der Waals surface area contributed by atoms with Crippen LogP contribution in [0, 0.1) is 0 Å². The fraction of sp³-hybridized carbons (Fsp3) is 0.389. The molecular weight excluding hydrogens is 474 g/mol. The number of hydrogen-bond acceptors (Lipinski definition) is 5. The van der Waals surface area contributed by atoms with Gasteiger partial charge >= 0.3 is 6.55 Å². The number of hydrogen-bond donors (Lipinski definition) is 2. The van der Waals surface area contributed by atoms with E-state index in [-0.39, 0.29) is 16.7 Å². The van der Waals surface area contributed by atoms with Crippen molar-refractivity contribution in [1.82, 2.24) is 9.55 Å². The number of alkyl halides is 2. The predicted molar refractivity (Wildman–Crippen MR) is 111 cm³/mol. The van der Waals surface area contributed by atoms with Crippen LogP contribution in [0.2, 0.25) is 5.15 Å². The Bertz CT molecular complexity index is 982. The second kappa shape index (κ2) is 8.23. The minimum absolute atomic E-state index is 0.216. The fourth-order valence-corrected chi connectivity index (χ4v) is 5.06. The standard InChI is InChI=1S/C18H18BrClF2N4OS/c19-13-14-15(11(7-12(20)25-14)24-8-9-3-2-6-28-9)26(18(21)22)16(13)17-10(23)4-1-5-27-17/h2-3,6-7,10,17-18H,1,4-5,8,23H2,(H,24,25)/t10-,17-/m0/s1. The average Bonchev–Trinajstić information content (AvgIpc) is 3.27. The molecule has 0 bridgehead atoms. The van der Waals surface area contributed by atoms with Crippen molar-refractivity contribution in [3.63, 3.8) is 0 Å². The van der Waals surface area contributed by atoms with Gasteiger partial charge < -0.3 is 15.8 Å². The van der Waals surface area contributed by atoms with Crippen molar-refractivity contribution in [2.24, 2.45) is 5.73 Å². The Kier molecular flexibility index (Phi) is 5.89.